The number of carbonyl (C=O) groups excluding carboxylic acids is 10. The summed E-state index contributed by atoms with van der Waals surface area (Å²) in [4.78, 5) is 149. The van der Waals surface area contributed by atoms with E-state index in [4.69, 9.17) is 33.8 Å². The van der Waals surface area contributed by atoms with Crippen molar-refractivity contribution in [2.45, 2.75) is 131 Å². The summed E-state index contributed by atoms with van der Waals surface area (Å²) >= 11 is 0. The average molecular weight is 1420 g/mol. The summed E-state index contributed by atoms with van der Waals surface area (Å²) in [6.07, 6.45) is -16.0. The molecule has 2 aromatic carbocycles. The van der Waals surface area contributed by atoms with E-state index in [2.05, 4.69) is 41.6 Å². The fourth-order valence-corrected chi connectivity index (χ4v) is 13.6. The van der Waals surface area contributed by atoms with Crippen LogP contribution in [0.1, 0.15) is 68.8 Å². The number of H-pyrrole nitrogens is 1. The molecule has 39 heteroatoms. The van der Waals surface area contributed by atoms with Gasteiger partial charge >= 0.3 is 10.4 Å². The molecule has 2 saturated heterocycles. The predicted molar refractivity (Wildman–Crippen MR) is 336 cm³/mol. The second-order valence-electron chi connectivity index (χ2n) is 24.1. The molecule has 16 atom stereocenters. The van der Waals surface area contributed by atoms with Crippen molar-refractivity contribution in [3.63, 3.8) is 0 Å². The third kappa shape index (κ3) is 19.5. The molecular weight excluding hydrogens is 1340 g/mol. The van der Waals surface area contributed by atoms with Crippen LogP contribution in [0, 0.1) is 23.7 Å². The molecule has 0 aliphatic carbocycles. The van der Waals surface area contributed by atoms with Crippen molar-refractivity contribution in [2.24, 2.45) is 34.5 Å². The summed E-state index contributed by atoms with van der Waals surface area (Å²) in [6, 6.07) is -0.351. The molecule has 37 nitrogen and oxygen atoms in total. The first-order valence-corrected chi connectivity index (χ1v) is 33.7. The monoisotopic (exact) mass is 1420 g/mol. The Balaban J connectivity index is 1.35. The van der Waals surface area contributed by atoms with Crippen molar-refractivity contribution in [1.29, 1.82) is 0 Å². The molecule has 2 fully saturated rings. The Bertz CT molecular complexity index is 3670. The zero-order valence-corrected chi connectivity index (χ0v) is 55.2. The van der Waals surface area contributed by atoms with Crippen LogP contribution in [0.4, 0.5) is 0 Å². The van der Waals surface area contributed by atoms with Crippen LogP contribution in [0.15, 0.2) is 46.5 Å². The predicted octanol–water partition coefficient (Wildman–Crippen LogP) is -5.16. The topological polar surface area (TPSA) is 567 Å². The van der Waals surface area contributed by atoms with Gasteiger partial charge in [-0.2, -0.15) is 0 Å². The standard InChI is InChI=1S/C59H80N12O25S2/c1-5-27(2)48-55(86)63-21-46(79)65-37-26-97(89)56-35(14-30(53(84)62-22-47(80)67-48)15-40(76)49(28(3)41(77)24-72)68-54(85)38-19-32(74)23-71(38)58(88)31(16-39(37)75)18-45(60)78)34-8-7-33(20-36(34)66-56)95-98(90,91)96-43-17-29(57(87)70(4)11-13-92-12-10-64-69-61)6-9-42(43)93-59-52(83)51(82)50(81)44(25-73)94-59/h6-9,17,20,27-28,30-32,37-38,41,44,48-52,59,66,72-74,77,81-83H,5,10-16,18-19,21-26H2,1-4H3,(H2,60,78)(H,62,84)(H,63,86)(H,65,79)(H,67,80)(H,68,85)/t27-,28-,30+,31-,32+,37-,38-,41-,44+,48-,49-,50-,51-,52+,59+,97?/m0/s1. The van der Waals surface area contributed by atoms with Crippen molar-refractivity contribution in [1.82, 2.24) is 41.4 Å². The van der Waals surface area contributed by atoms with Crippen molar-refractivity contribution < 1.29 is 119 Å². The highest BCUT2D eigenvalue weighted by atomic mass is 32.3. The van der Waals surface area contributed by atoms with Crippen LogP contribution in [0.5, 0.6) is 17.2 Å². The summed E-state index contributed by atoms with van der Waals surface area (Å²) in [5.41, 5.74) is 13.6. The number of azide groups is 1. The van der Waals surface area contributed by atoms with E-state index in [0.29, 0.717) is 6.42 Å². The first-order valence-electron chi connectivity index (χ1n) is 31.1. The van der Waals surface area contributed by atoms with E-state index in [0.717, 1.165) is 35.2 Å². The maximum atomic E-state index is 15.3. The minimum absolute atomic E-state index is 0.000881. The van der Waals surface area contributed by atoms with Crippen molar-refractivity contribution in [3.05, 3.63) is 58.0 Å². The van der Waals surface area contributed by atoms with Gasteiger partial charge < -0.3 is 105 Å². The third-order valence-corrected chi connectivity index (χ3v) is 19.3. The molecule has 98 heavy (non-hydrogen) atoms. The number of ether oxygens (including phenoxy) is 3. The number of hydrogen-bond donors (Lipinski definition) is 14. The first kappa shape index (κ1) is 76.9. The SMILES string of the molecule is CC[C@H](C)[C@@H]1NC(=O)CNC(=O)[C@H]2CC(=O)[C@H]([C@@H](C)[C@@H](O)CO)NC(=O)[C@@H]3C[C@@H](O)CN3C(=O)[C@H](CC(N)=O)CC(=O)[C@H](CS(=O)c3[nH]c4cc(OS(=O)(=O)Oc5cc(C(=O)N(C)CCOCCN=[N+]=[N-])ccc5O[C@@H]5O[C@H](CO)[C@H](O)[C@H](O)[C@H]5O)ccc4c3C2)NC(=O)CNC1=O. The molecule has 3 aromatic rings. The Morgan fingerprint density at radius 1 is 0.867 bits per heavy atom. The number of Topliss-reactive ketones (excluding diaryl/α,β-unsaturated/α-hetero) is 2. The molecule has 7 rings (SSSR count). The van der Waals surface area contributed by atoms with Gasteiger partial charge in [-0.15, -0.1) is 8.42 Å². The van der Waals surface area contributed by atoms with Gasteiger partial charge in [-0.1, -0.05) is 32.3 Å². The van der Waals surface area contributed by atoms with Gasteiger partial charge in [0.15, 0.2) is 23.1 Å². The van der Waals surface area contributed by atoms with E-state index < -0.39 is 259 Å². The number of likely N-dealkylation sites (N-methyl/N-ethyl adjacent to an activating group) is 1. The summed E-state index contributed by atoms with van der Waals surface area (Å²) in [5.74, 6) is -18.4. The van der Waals surface area contributed by atoms with Crippen LogP contribution in [-0.4, -0.2) is 261 Å². The Morgan fingerprint density at radius 3 is 2.24 bits per heavy atom. The van der Waals surface area contributed by atoms with Gasteiger partial charge in [-0.25, -0.2) is 0 Å². The highest BCUT2D eigenvalue weighted by molar-refractivity contribution is 7.85. The number of hydrogen-bond acceptors (Lipinski definition) is 26. The quantitative estimate of drug-likeness (QED) is 0.0205. The first-order chi connectivity index (χ1) is 46.4. The number of nitrogens with zero attached hydrogens (tertiary/aromatic N) is 5. The Morgan fingerprint density at radius 2 is 1.57 bits per heavy atom. The number of aliphatic hydroxyl groups is 7. The molecule has 1 aromatic heterocycles. The lowest BCUT2D eigenvalue weighted by molar-refractivity contribution is -0.277. The fraction of sp³-hybridized carbons (Fsp3) is 0.593. The molecule has 0 saturated carbocycles. The smallest absolute Gasteiger partial charge is 0.458 e. The Kier molecular flexibility index (Phi) is 26.9. The molecule has 4 aliphatic rings. The maximum absolute atomic E-state index is 15.3. The number of carbonyl (C=O) groups is 10. The van der Waals surface area contributed by atoms with Crippen LogP contribution in [0.3, 0.4) is 0 Å². The number of rotatable bonds is 21. The summed E-state index contributed by atoms with van der Waals surface area (Å²) in [7, 11) is -6.73. The minimum Gasteiger partial charge on any atom is -0.458 e. The maximum Gasteiger partial charge on any atom is 0.501 e. The zero-order chi connectivity index (χ0) is 72.0. The molecule has 8 amide bonds. The number of amides is 8. The largest absolute Gasteiger partial charge is 0.501 e. The lowest BCUT2D eigenvalue weighted by atomic mass is 9.85. The number of ketones is 2. The number of nitrogens with one attached hydrogen (secondary N) is 6. The molecule has 4 aliphatic heterocycles. The van der Waals surface area contributed by atoms with Crippen molar-refractivity contribution in [3.8, 4) is 17.2 Å². The summed E-state index contributed by atoms with van der Waals surface area (Å²) in [5, 5.41) is 88.9. The lowest BCUT2D eigenvalue weighted by Gasteiger charge is -2.39. The van der Waals surface area contributed by atoms with E-state index in [1.54, 1.807) is 13.8 Å². The zero-order valence-electron chi connectivity index (χ0n) is 53.5. The molecule has 538 valence electrons. The molecule has 0 radical (unpaired) electrons. The van der Waals surface area contributed by atoms with E-state index in [9.17, 15) is 92.1 Å². The van der Waals surface area contributed by atoms with E-state index in [1.165, 1.54) is 24.9 Å². The average Bonchev–Trinajstić information content (AvgIpc) is 1.61. The second-order valence-corrected chi connectivity index (χ2v) is 26.7. The van der Waals surface area contributed by atoms with Crippen LogP contribution in [-0.2, 0) is 80.2 Å². The molecule has 1 unspecified atom stereocenters. The van der Waals surface area contributed by atoms with Crippen molar-refractivity contribution >= 4 is 90.9 Å². The Labute approximate surface area is 562 Å². The minimum atomic E-state index is -5.47. The van der Waals surface area contributed by atoms with Crippen LogP contribution in [0.25, 0.3) is 21.3 Å². The number of aromatic amines is 1. The third-order valence-electron chi connectivity index (χ3n) is 17.1. The van der Waals surface area contributed by atoms with Crippen LogP contribution < -0.4 is 45.4 Å². The molecule has 5 heterocycles. The molecule has 15 N–H and O–H groups in total. The van der Waals surface area contributed by atoms with Gasteiger partial charge in [0.05, 0.1) is 91.8 Å². The van der Waals surface area contributed by atoms with E-state index >= 15 is 4.21 Å². The lowest BCUT2D eigenvalue weighted by Crippen LogP contribution is -2.60. The highest BCUT2D eigenvalue weighted by Crippen LogP contribution is 2.37. The Hall–Kier alpha value is -8.47. The molecule has 0 spiro atoms. The molecule has 2 bridgehead atoms. The van der Waals surface area contributed by atoms with Crippen molar-refractivity contribution in [2.75, 3.05) is 72.0 Å². The van der Waals surface area contributed by atoms with Crippen LogP contribution >= 0.6 is 0 Å². The van der Waals surface area contributed by atoms with E-state index in [-0.39, 0.29) is 53.4 Å². The van der Waals surface area contributed by atoms with Gasteiger partial charge in [0, 0.05) is 86.1 Å². The van der Waals surface area contributed by atoms with E-state index in [1.807, 2.05) is 0 Å². The number of aliphatic hydroxyl groups excluding tert-OH is 7. The number of primary amides is 1. The number of fused-ring (bicyclic) bond motifs is 5. The summed E-state index contributed by atoms with van der Waals surface area (Å²) < 4.78 is 71.1. The van der Waals surface area contributed by atoms with Gasteiger partial charge in [0.2, 0.25) is 47.6 Å². The van der Waals surface area contributed by atoms with Gasteiger partial charge in [0.1, 0.15) is 47.3 Å². The molecular formula is C59H80N12O25S2. The second kappa shape index (κ2) is 34.3. The van der Waals surface area contributed by atoms with Gasteiger partial charge in [-0.3, -0.25) is 52.2 Å². The van der Waals surface area contributed by atoms with Crippen LogP contribution in [0.2, 0.25) is 0 Å². The fourth-order valence-electron chi connectivity index (χ4n) is 11.4. The summed E-state index contributed by atoms with van der Waals surface area (Å²) in [6.45, 7) is 0.365. The normalized spacial score (nSPS) is 27.5. The highest BCUT2D eigenvalue weighted by Gasteiger charge is 2.47. The van der Waals surface area contributed by atoms with Gasteiger partial charge in [0.25, 0.3) is 5.91 Å². The number of benzene rings is 2. The number of nitrogens with two attached hydrogens (primary N) is 1. The number of aromatic nitrogens is 1. The van der Waals surface area contributed by atoms with Gasteiger partial charge in [-0.05, 0) is 53.8 Å².